The summed E-state index contributed by atoms with van der Waals surface area (Å²) >= 11 is 5.82. The lowest BCUT2D eigenvalue weighted by molar-refractivity contribution is 0.0845. The SMILES string of the molecule is O=C1CC(c2cc(F)ccc2F)Oc2ccc(Cl)cc21. The number of rotatable bonds is 1. The molecule has 3 rings (SSSR count). The highest BCUT2D eigenvalue weighted by atomic mass is 35.5. The molecule has 0 fully saturated rings. The first kappa shape index (κ1) is 13.1. The van der Waals surface area contributed by atoms with Crippen molar-refractivity contribution in [2.75, 3.05) is 0 Å². The Hall–Kier alpha value is -1.94. The first-order chi connectivity index (χ1) is 9.54. The minimum Gasteiger partial charge on any atom is -0.484 e. The molecule has 5 heteroatoms. The van der Waals surface area contributed by atoms with Crippen LogP contribution in [0.25, 0.3) is 0 Å². The number of ketones is 1. The topological polar surface area (TPSA) is 26.3 Å². The van der Waals surface area contributed by atoms with E-state index in [1.165, 1.54) is 6.07 Å². The van der Waals surface area contributed by atoms with E-state index in [0.29, 0.717) is 16.3 Å². The maximum absolute atomic E-state index is 13.7. The van der Waals surface area contributed by atoms with Gasteiger partial charge in [0.1, 0.15) is 23.5 Å². The zero-order chi connectivity index (χ0) is 14.3. The Balaban J connectivity index is 2.01. The van der Waals surface area contributed by atoms with Crippen LogP contribution in [0.4, 0.5) is 8.78 Å². The molecule has 2 nitrogen and oxygen atoms in total. The Kier molecular flexibility index (Phi) is 3.18. The van der Waals surface area contributed by atoms with E-state index in [4.69, 9.17) is 16.3 Å². The van der Waals surface area contributed by atoms with E-state index >= 15 is 0 Å². The largest absolute Gasteiger partial charge is 0.484 e. The molecule has 1 heterocycles. The Labute approximate surface area is 118 Å². The van der Waals surface area contributed by atoms with Crippen LogP contribution in [-0.4, -0.2) is 5.78 Å². The summed E-state index contributed by atoms with van der Waals surface area (Å²) in [6, 6.07) is 7.75. The van der Waals surface area contributed by atoms with E-state index < -0.39 is 17.7 Å². The van der Waals surface area contributed by atoms with Gasteiger partial charge in [0.15, 0.2) is 5.78 Å². The highest BCUT2D eigenvalue weighted by molar-refractivity contribution is 6.31. The van der Waals surface area contributed by atoms with Crippen LogP contribution in [0.1, 0.15) is 28.4 Å². The van der Waals surface area contributed by atoms with Crippen LogP contribution in [0.3, 0.4) is 0 Å². The second kappa shape index (κ2) is 4.87. The summed E-state index contributed by atoms with van der Waals surface area (Å²) in [6.45, 7) is 0. The summed E-state index contributed by atoms with van der Waals surface area (Å²) < 4.78 is 32.6. The second-order valence-electron chi connectivity index (χ2n) is 4.54. The van der Waals surface area contributed by atoms with Crippen LogP contribution in [0.15, 0.2) is 36.4 Å². The van der Waals surface area contributed by atoms with Crippen LogP contribution in [0, 0.1) is 11.6 Å². The minimum absolute atomic E-state index is 0.0407. The van der Waals surface area contributed by atoms with E-state index in [0.717, 1.165) is 18.2 Å². The summed E-state index contributed by atoms with van der Waals surface area (Å²) in [5.41, 5.74) is 0.407. The fourth-order valence-electron chi connectivity index (χ4n) is 2.23. The van der Waals surface area contributed by atoms with Gasteiger partial charge in [0.2, 0.25) is 0 Å². The predicted molar refractivity (Wildman–Crippen MR) is 70.1 cm³/mol. The normalized spacial score (nSPS) is 17.6. The van der Waals surface area contributed by atoms with Crippen LogP contribution in [0.5, 0.6) is 5.75 Å². The van der Waals surface area contributed by atoms with Crippen molar-refractivity contribution in [3.63, 3.8) is 0 Å². The molecule has 0 amide bonds. The lowest BCUT2D eigenvalue weighted by atomic mass is 9.96. The monoisotopic (exact) mass is 294 g/mol. The highest BCUT2D eigenvalue weighted by Crippen LogP contribution is 2.37. The quantitative estimate of drug-likeness (QED) is 0.783. The number of benzene rings is 2. The van der Waals surface area contributed by atoms with Crippen LogP contribution in [0.2, 0.25) is 5.02 Å². The summed E-state index contributed by atoms with van der Waals surface area (Å²) in [5.74, 6) is -1.04. The lowest BCUT2D eigenvalue weighted by Gasteiger charge is -2.25. The van der Waals surface area contributed by atoms with Crippen molar-refractivity contribution in [1.29, 1.82) is 0 Å². The Bertz CT molecular complexity index is 700. The standard InChI is InChI=1S/C15H9ClF2O2/c16-8-1-4-14-11(5-8)13(19)7-15(20-14)10-6-9(17)2-3-12(10)18/h1-6,15H,7H2. The Morgan fingerprint density at radius 1 is 1.15 bits per heavy atom. The van der Waals surface area contributed by atoms with E-state index in [9.17, 15) is 13.6 Å². The van der Waals surface area contributed by atoms with Gasteiger partial charge in [-0.3, -0.25) is 4.79 Å². The molecule has 0 spiro atoms. The number of carbonyl (C=O) groups excluding carboxylic acids is 1. The zero-order valence-corrected chi connectivity index (χ0v) is 11.0. The maximum Gasteiger partial charge on any atom is 0.170 e. The third-order valence-corrected chi connectivity index (χ3v) is 3.42. The number of hydrogen-bond acceptors (Lipinski definition) is 2. The van der Waals surface area contributed by atoms with Gasteiger partial charge >= 0.3 is 0 Å². The third-order valence-electron chi connectivity index (χ3n) is 3.19. The molecule has 0 N–H and O–H groups in total. The van der Waals surface area contributed by atoms with Crippen molar-refractivity contribution in [1.82, 2.24) is 0 Å². The van der Waals surface area contributed by atoms with Gasteiger partial charge in [0, 0.05) is 10.6 Å². The number of halogens is 3. The van der Waals surface area contributed by atoms with Gasteiger partial charge in [0.25, 0.3) is 0 Å². The van der Waals surface area contributed by atoms with Crippen LogP contribution in [-0.2, 0) is 0 Å². The number of fused-ring (bicyclic) bond motifs is 1. The molecule has 20 heavy (non-hydrogen) atoms. The fraction of sp³-hybridized carbons (Fsp3) is 0.133. The molecule has 0 aliphatic carbocycles. The van der Waals surface area contributed by atoms with Crippen molar-refractivity contribution >= 4 is 17.4 Å². The summed E-state index contributed by atoms with van der Waals surface area (Å²) in [6.07, 6.45) is -0.875. The summed E-state index contributed by atoms with van der Waals surface area (Å²) in [4.78, 5) is 12.1. The summed E-state index contributed by atoms with van der Waals surface area (Å²) in [5, 5.41) is 0.427. The molecular weight excluding hydrogens is 286 g/mol. The molecular formula is C15H9ClF2O2. The zero-order valence-electron chi connectivity index (χ0n) is 10.2. The molecule has 0 saturated heterocycles. The Morgan fingerprint density at radius 3 is 2.75 bits per heavy atom. The van der Waals surface area contributed by atoms with Crippen LogP contribution < -0.4 is 4.74 Å². The van der Waals surface area contributed by atoms with Gasteiger partial charge in [-0.2, -0.15) is 0 Å². The van der Waals surface area contributed by atoms with E-state index in [-0.39, 0.29) is 17.8 Å². The molecule has 1 unspecified atom stereocenters. The summed E-state index contributed by atoms with van der Waals surface area (Å²) in [7, 11) is 0. The van der Waals surface area contributed by atoms with E-state index in [1.54, 1.807) is 12.1 Å². The van der Waals surface area contributed by atoms with Crippen LogP contribution >= 0.6 is 11.6 Å². The molecule has 1 aliphatic heterocycles. The molecule has 0 radical (unpaired) electrons. The van der Waals surface area contributed by atoms with Gasteiger partial charge in [-0.15, -0.1) is 0 Å². The molecule has 2 aromatic rings. The van der Waals surface area contributed by atoms with Gasteiger partial charge < -0.3 is 4.74 Å². The molecule has 2 aromatic carbocycles. The predicted octanol–water partition coefficient (Wildman–Crippen LogP) is 4.32. The van der Waals surface area contributed by atoms with Crippen molar-refractivity contribution in [2.24, 2.45) is 0 Å². The molecule has 1 aliphatic rings. The van der Waals surface area contributed by atoms with Gasteiger partial charge in [-0.05, 0) is 36.4 Å². The van der Waals surface area contributed by atoms with Gasteiger partial charge in [-0.1, -0.05) is 11.6 Å². The third kappa shape index (κ3) is 2.27. The number of Topliss-reactive ketones (excluding diaryl/α,β-unsaturated/α-hetero) is 1. The molecule has 0 bridgehead atoms. The number of carbonyl (C=O) groups is 1. The van der Waals surface area contributed by atoms with E-state index in [1.807, 2.05) is 0 Å². The molecule has 102 valence electrons. The van der Waals surface area contributed by atoms with Gasteiger partial charge in [0.05, 0.1) is 12.0 Å². The first-order valence-corrected chi connectivity index (χ1v) is 6.37. The Morgan fingerprint density at radius 2 is 1.95 bits per heavy atom. The fourth-order valence-corrected chi connectivity index (χ4v) is 2.40. The van der Waals surface area contributed by atoms with E-state index in [2.05, 4.69) is 0 Å². The second-order valence-corrected chi connectivity index (χ2v) is 4.98. The average molecular weight is 295 g/mol. The molecule has 0 saturated carbocycles. The van der Waals surface area contributed by atoms with Gasteiger partial charge in [-0.25, -0.2) is 8.78 Å². The lowest BCUT2D eigenvalue weighted by Crippen LogP contribution is -2.21. The molecule has 0 aromatic heterocycles. The number of ether oxygens (including phenoxy) is 1. The van der Waals surface area contributed by atoms with Crippen molar-refractivity contribution < 1.29 is 18.3 Å². The van der Waals surface area contributed by atoms with Crippen molar-refractivity contribution in [3.05, 3.63) is 64.2 Å². The first-order valence-electron chi connectivity index (χ1n) is 5.99. The number of hydrogen-bond donors (Lipinski definition) is 0. The average Bonchev–Trinajstić information content (AvgIpc) is 2.42. The molecule has 1 atom stereocenters. The van der Waals surface area contributed by atoms with Crippen molar-refractivity contribution in [3.8, 4) is 5.75 Å². The minimum atomic E-state index is -0.827. The highest BCUT2D eigenvalue weighted by Gasteiger charge is 2.29. The smallest absolute Gasteiger partial charge is 0.170 e. The van der Waals surface area contributed by atoms with Crippen molar-refractivity contribution in [2.45, 2.75) is 12.5 Å². The maximum atomic E-state index is 13.7.